The van der Waals surface area contributed by atoms with E-state index in [-0.39, 0.29) is 0 Å². The minimum Gasteiger partial charge on any atom is -0.491 e. The Morgan fingerprint density at radius 2 is 0.719 bits per heavy atom. The lowest BCUT2D eigenvalue weighted by Crippen LogP contribution is -2.13. The van der Waals surface area contributed by atoms with Crippen molar-refractivity contribution in [2.75, 3.05) is 92.5 Å². The average molecular weight is 449 g/mol. The van der Waals surface area contributed by atoms with Crippen LogP contribution in [0.2, 0.25) is 0 Å². The molecule has 2 aliphatic heterocycles. The van der Waals surface area contributed by atoms with E-state index >= 15 is 0 Å². The Hall–Kier alpha value is -2.30. The van der Waals surface area contributed by atoms with E-state index in [1.807, 2.05) is 24.3 Å². The molecule has 0 fully saturated rings. The van der Waals surface area contributed by atoms with Crippen LogP contribution in [0.4, 0.5) is 0 Å². The Morgan fingerprint density at radius 3 is 1.09 bits per heavy atom. The standard InChI is InChI=1S/C24H32O8/c1-2-4-10-26-12-14-28-16-18-30-20-22-32-24-7-5-23(6-8-24)31-21-19-29-17-15-27-13-11-25-9-3-1/h5-8H,9-22H2. The van der Waals surface area contributed by atoms with Crippen LogP contribution >= 0.6 is 0 Å². The summed E-state index contributed by atoms with van der Waals surface area (Å²) in [5.74, 6) is 12.6. The first-order valence-corrected chi connectivity index (χ1v) is 10.7. The molecule has 3 rings (SSSR count). The molecule has 2 heterocycles. The smallest absolute Gasteiger partial charge is 0.119 e. The van der Waals surface area contributed by atoms with Gasteiger partial charge in [0.1, 0.15) is 37.9 Å². The predicted octanol–water partition coefficient (Wildman–Crippen LogP) is 1.56. The second kappa shape index (κ2) is 19.4. The first-order valence-electron chi connectivity index (χ1n) is 10.7. The first-order chi connectivity index (χ1) is 15.9. The van der Waals surface area contributed by atoms with Gasteiger partial charge in [-0.3, -0.25) is 0 Å². The minimum absolute atomic E-state index is 0.315. The summed E-state index contributed by atoms with van der Waals surface area (Å²) in [4.78, 5) is 0. The molecule has 8 nitrogen and oxygen atoms in total. The van der Waals surface area contributed by atoms with Gasteiger partial charge in [0.2, 0.25) is 0 Å². The largest absolute Gasteiger partial charge is 0.491 e. The fraction of sp³-hybridized carbons (Fsp3) is 0.583. The van der Waals surface area contributed by atoms with Crippen molar-refractivity contribution in [3.8, 4) is 35.2 Å². The van der Waals surface area contributed by atoms with E-state index < -0.39 is 0 Å². The van der Waals surface area contributed by atoms with Gasteiger partial charge in [-0.2, -0.15) is 0 Å². The molecule has 0 saturated carbocycles. The van der Waals surface area contributed by atoms with Crippen LogP contribution in [0.25, 0.3) is 0 Å². The van der Waals surface area contributed by atoms with Crippen molar-refractivity contribution in [1.82, 2.24) is 0 Å². The van der Waals surface area contributed by atoms with Crippen LogP contribution in [0.15, 0.2) is 24.3 Å². The van der Waals surface area contributed by atoms with Crippen molar-refractivity contribution in [3.05, 3.63) is 24.3 Å². The van der Waals surface area contributed by atoms with E-state index in [0.29, 0.717) is 92.5 Å². The van der Waals surface area contributed by atoms with Gasteiger partial charge in [0, 0.05) is 0 Å². The fourth-order valence-electron chi connectivity index (χ4n) is 2.36. The Morgan fingerprint density at radius 1 is 0.406 bits per heavy atom. The van der Waals surface area contributed by atoms with E-state index in [9.17, 15) is 0 Å². The molecule has 0 aliphatic carbocycles. The molecule has 0 spiro atoms. The van der Waals surface area contributed by atoms with Crippen LogP contribution in [-0.4, -0.2) is 92.5 Å². The van der Waals surface area contributed by atoms with Gasteiger partial charge in [0.15, 0.2) is 0 Å². The maximum atomic E-state index is 5.64. The van der Waals surface area contributed by atoms with Crippen LogP contribution in [0.5, 0.6) is 11.5 Å². The van der Waals surface area contributed by atoms with E-state index in [4.69, 9.17) is 37.9 Å². The van der Waals surface area contributed by atoms with E-state index in [2.05, 4.69) is 23.7 Å². The number of ether oxygens (including phenoxy) is 8. The third kappa shape index (κ3) is 14.7. The molecule has 0 amide bonds. The molecule has 0 aromatic heterocycles. The molecule has 8 heteroatoms. The molecule has 0 atom stereocenters. The van der Waals surface area contributed by atoms with Gasteiger partial charge in [-0.1, -0.05) is 11.8 Å². The molecule has 176 valence electrons. The maximum absolute atomic E-state index is 5.64. The lowest BCUT2D eigenvalue weighted by Gasteiger charge is -2.10. The Labute approximate surface area is 190 Å². The summed E-state index contributed by atoms with van der Waals surface area (Å²) in [5.41, 5.74) is 0. The fourth-order valence-corrected chi connectivity index (χ4v) is 2.36. The summed E-state index contributed by atoms with van der Waals surface area (Å²) in [5, 5.41) is 0. The van der Waals surface area contributed by atoms with E-state index in [1.165, 1.54) is 0 Å². The maximum Gasteiger partial charge on any atom is 0.119 e. The molecule has 0 unspecified atom stereocenters. The van der Waals surface area contributed by atoms with Gasteiger partial charge in [0.25, 0.3) is 0 Å². The van der Waals surface area contributed by atoms with Crippen molar-refractivity contribution < 1.29 is 37.9 Å². The lowest BCUT2D eigenvalue weighted by molar-refractivity contribution is 0.0139. The Bertz CT molecular complexity index is 638. The van der Waals surface area contributed by atoms with E-state index in [1.54, 1.807) is 0 Å². The molecule has 2 bridgehead atoms. The molecule has 0 saturated heterocycles. The van der Waals surface area contributed by atoms with Gasteiger partial charge < -0.3 is 37.9 Å². The average Bonchev–Trinajstić information content (AvgIpc) is 2.81. The van der Waals surface area contributed by atoms with Gasteiger partial charge in [0.05, 0.1) is 66.1 Å². The zero-order valence-corrected chi connectivity index (χ0v) is 18.5. The van der Waals surface area contributed by atoms with Gasteiger partial charge in [-0.25, -0.2) is 0 Å². The van der Waals surface area contributed by atoms with Crippen LogP contribution in [0.1, 0.15) is 0 Å². The van der Waals surface area contributed by atoms with Crippen LogP contribution in [-0.2, 0) is 28.4 Å². The molecular formula is C24H32O8. The number of hydrogen-bond donors (Lipinski definition) is 0. The van der Waals surface area contributed by atoms with Crippen LogP contribution in [0.3, 0.4) is 0 Å². The normalized spacial score (nSPS) is 19.1. The molecule has 0 N–H and O–H groups in total. The predicted molar refractivity (Wildman–Crippen MR) is 118 cm³/mol. The highest BCUT2D eigenvalue weighted by molar-refractivity contribution is 5.31. The summed E-state index contributed by atoms with van der Waals surface area (Å²) < 4.78 is 43.8. The Balaban J connectivity index is 1.65. The Kier molecular flexibility index (Phi) is 15.7. The van der Waals surface area contributed by atoms with Crippen molar-refractivity contribution in [1.29, 1.82) is 0 Å². The van der Waals surface area contributed by atoms with Gasteiger partial charge in [-0.15, -0.1) is 0 Å². The third-order valence-corrected chi connectivity index (χ3v) is 3.89. The van der Waals surface area contributed by atoms with E-state index in [0.717, 1.165) is 11.5 Å². The highest BCUT2D eigenvalue weighted by atomic mass is 16.6. The van der Waals surface area contributed by atoms with Crippen molar-refractivity contribution >= 4 is 0 Å². The second-order valence-electron chi connectivity index (χ2n) is 6.33. The molecule has 1 aromatic carbocycles. The zero-order valence-electron chi connectivity index (χ0n) is 18.5. The summed E-state index contributed by atoms with van der Waals surface area (Å²) >= 11 is 0. The summed E-state index contributed by atoms with van der Waals surface area (Å²) in [6.07, 6.45) is 0. The number of fused-ring (bicyclic) bond motifs is 25. The third-order valence-electron chi connectivity index (χ3n) is 3.89. The zero-order chi connectivity index (χ0) is 22.4. The number of rotatable bonds is 0. The van der Waals surface area contributed by atoms with Gasteiger partial charge >= 0.3 is 0 Å². The summed E-state index contributed by atoms with van der Waals surface area (Å²) in [6.45, 7) is 6.46. The minimum atomic E-state index is 0.315. The lowest BCUT2D eigenvalue weighted by atomic mass is 10.3. The van der Waals surface area contributed by atoms with Crippen LogP contribution < -0.4 is 9.47 Å². The molecule has 32 heavy (non-hydrogen) atoms. The van der Waals surface area contributed by atoms with Crippen molar-refractivity contribution in [2.24, 2.45) is 0 Å². The van der Waals surface area contributed by atoms with Crippen molar-refractivity contribution in [3.63, 3.8) is 0 Å². The summed E-state index contributed by atoms with van der Waals surface area (Å²) in [6, 6.07) is 7.46. The molecule has 2 aliphatic rings. The first kappa shape index (κ1) is 26.0. The number of hydrogen-bond acceptors (Lipinski definition) is 8. The SMILES string of the molecule is C1#CCOCCOCCOCCOc2ccc(cc2)OCCOCCOCCOCC#C1. The highest BCUT2D eigenvalue weighted by Crippen LogP contribution is 2.17. The molecule has 1 aromatic rings. The monoisotopic (exact) mass is 448 g/mol. The molecular weight excluding hydrogens is 416 g/mol. The molecule has 0 radical (unpaired) electrons. The summed E-state index contributed by atoms with van der Waals surface area (Å²) in [7, 11) is 0. The van der Waals surface area contributed by atoms with Crippen molar-refractivity contribution in [2.45, 2.75) is 0 Å². The van der Waals surface area contributed by atoms with Gasteiger partial charge in [-0.05, 0) is 36.1 Å². The van der Waals surface area contributed by atoms with Crippen LogP contribution in [0, 0.1) is 23.7 Å². The number of benzene rings is 1. The topological polar surface area (TPSA) is 73.8 Å². The second-order valence-corrected chi connectivity index (χ2v) is 6.33. The quantitative estimate of drug-likeness (QED) is 0.438. The highest BCUT2D eigenvalue weighted by Gasteiger charge is 1.98.